The number of rotatable bonds is 5. The normalized spacial score (nSPS) is 12.9. The van der Waals surface area contributed by atoms with Gasteiger partial charge in [-0.3, -0.25) is 5.09 Å². The molecule has 0 heterocycles. The molecule has 2 aromatic carbocycles. The van der Waals surface area contributed by atoms with Crippen LogP contribution in [0.15, 0.2) is 42.5 Å². The first kappa shape index (κ1) is 16.3. The molecule has 8 heteroatoms. The summed E-state index contributed by atoms with van der Waals surface area (Å²) in [5.74, 6) is -0.0876. The zero-order valence-corrected chi connectivity index (χ0v) is 12.3. The van der Waals surface area contributed by atoms with E-state index < -0.39 is 13.9 Å². The van der Waals surface area contributed by atoms with Crippen molar-refractivity contribution in [2.45, 2.75) is 12.5 Å². The number of aliphatic hydroxyl groups is 1. The number of hydrogen-bond acceptors (Lipinski definition) is 4. The van der Waals surface area contributed by atoms with E-state index in [1.54, 1.807) is 12.1 Å². The largest absolute Gasteiger partial charge is 0.508 e. The third-order valence-electron chi connectivity index (χ3n) is 3.00. The van der Waals surface area contributed by atoms with Gasteiger partial charge >= 0.3 is 7.75 Å². The molecule has 0 spiro atoms. The van der Waals surface area contributed by atoms with E-state index in [9.17, 15) is 19.9 Å². The topological polar surface area (TPSA) is 130 Å². The molecule has 0 fully saturated rings. The number of aromatic hydroxyl groups is 2. The fourth-order valence-corrected chi connectivity index (χ4v) is 2.62. The van der Waals surface area contributed by atoms with Crippen LogP contribution in [0.4, 0.5) is 5.69 Å². The lowest BCUT2D eigenvalue weighted by Crippen LogP contribution is -2.06. The molecule has 2 rings (SSSR count). The van der Waals surface area contributed by atoms with E-state index in [0.717, 1.165) is 0 Å². The highest BCUT2D eigenvalue weighted by atomic mass is 31.2. The Morgan fingerprint density at radius 3 is 2.36 bits per heavy atom. The summed E-state index contributed by atoms with van der Waals surface area (Å²) >= 11 is 0. The van der Waals surface area contributed by atoms with Gasteiger partial charge in [-0.05, 0) is 35.9 Å². The monoisotopic (exact) mass is 325 g/mol. The first-order valence-electron chi connectivity index (χ1n) is 6.37. The summed E-state index contributed by atoms with van der Waals surface area (Å²) in [7, 11) is -4.54. The molecule has 7 nitrogen and oxygen atoms in total. The summed E-state index contributed by atoms with van der Waals surface area (Å²) in [5.41, 5.74) is 0.809. The number of phenolic OH excluding ortho intramolecular Hbond substituents is 2. The Morgan fingerprint density at radius 2 is 1.73 bits per heavy atom. The van der Waals surface area contributed by atoms with Crippen LogP contribution in [0.1, 0.15) is 17.2 Å². The molecule has 118 valence electrons. The van der Waals surface area contributed by atoms with Gasteiger partial charge in [0.15, 0.2) is 0 Å². The van der Waals surface area contributed by atoms with Crippen LogP contribution in [-0.2, 0) is 11.0 Å². The van der Waals surface area contributed by atoms with Crippen molar-refractivity contribution in [3.8, 4) is 11.5 Å². The highest BCUT2D eigenvalue weighted by Crippen LogP contribution is 2.39. The summed E-state index contributed by atoms with van der Waals surface area (Å²) in [6, 6.07) is 10.0. The Morgan fingerprint density at radius 1 is 1.05 bits per heavy atom. The second-order valence-electron chi connectivity index (χ2n) is 4.82. The second-order valence-corrected chi connectivity index (χ2v) is 6.13. The van der Waals surface area contributed by atoms with E-state index in [4.69, 9.17) is 9.79 Å². The SMILES string of the molecule is O=P(O)(O)Nc1ccc(O)cc1C(O)Cc1cccc(O)c1. The van der Waals surface area contributed by atoms with Gasteiger partial charge in [0.05, 0.1) is 6.10 Å². The summed E-state index contributed by atoms with van der Waals surface area (Å²) < 4.78 is 11.1. The quantitative estimate of drug-likeness (QED) is 0.365. The van der Waals surface area contributed by atoms with Crippen molar-refractivity contribution in [1.82, 2.24) is 0 Å². The molecular formula is C14H16NO6P. The molecule has 1 unspecified atom stereocenters. The van der Waals surface area contributed by atoms with Crippen LogP contribution in [0.25, 0.3) is 0 Å². The number of anilines is 1. The highest BCUT2D eigenvalue weighted by molar-refractivity contribution is 7.53. The van der Waals surface area contributed by atoms with Crippen molar-refractivity contribution < 1.29 is 29.7 Å². The Balaban J connectivity index is 2.29. The van der Waals surface area contributed by atoms with Crippen LogP contribution >= 0.6 is 7.75 Å². The first-order chi connectivity index (χ1) is 10.2. The minimum absolute atomic E-state index is 0.0267. The number of benzene rings is 2. The lowest BCUT2D eigenvalue weighted by atomic mass is 9.99. The molecule has 0 radical (unpaired) electrons. The van der Waals surface area contributed by atoms with E-state index >= 15 is 0 Å². The average molecular weight is 325 g/mol. The van der Waals surface area contributed by atoms with Gasteiger partial charge in [0, 0.05) is 17.7 Å². The number of hydrogen-bond donors (Lipinski definition) is 6. The van der Waals surface area contributed by atoms with Crippen molar-refractivity contribution in [2.24, 2.45) is 0 Å². The molecule has 0 aliphatic heterocycles. The smallest absolute Gasteiger partial charge is 0.427 e. The van der Waals surface area contributed by atoms with E-state index in [2.05, 4.69) is 0 Å². The van der Waals surface area contributed by atoms with Gasteiger partial charge in [-0.1, -0.05) is 12.1 Å². The number of aliphatic hydroxyl groups excluding tert-OH is 1. The van der Waals surface area contributed by atoms with E-state index in [-0.39, 0.29) is 29.2 Å². The van der Waals surface area contributed by atoms with Crippen LogP contribution in [-0.4, -0.2) is 25.1 Å². The van der Waals surface area contributed by atoms with Gasteiger partial charge in [0.25, 0.3) is 0 Å². The third-order valence-corrected chi connectivity index (χ3v) is 3.53. The maximum Gasteiger partial charge on any atom is 0.427 e. The fraction of sp³-hybridized carbons (Fsp3) is 0.143. The molecule has 1 atom stereocenters. The highest BCUT2D eigenvalue weighted by Gasteiger charge is 2.20. The molecule has 22 heavy (non-hydrogen) atoms. The lowest BCUT2D eigenvalue weighted by Gasteiger charge is -2.18. The second kappa shape index (κ2) is 6.37. The maximum atomic E-state index is 11.1. The molecule has 0 aliphatic rings. The van der Waals surface area contributed by atoms with Crippen molar-refractivity contribution in [3.63, 3.8) is 0 Å². The average Bonchev–Trinajstić information content (AvgIpc) is 2.39. The van der Waals surface area contributed by atoms with Crippen molar-refractivity contribution in [1.29, 1.82) is 0 Å². The van der Waals surface area contributed by atoms with Crippen molar-refractivity contribution in [3.05, 3.63) is 53.6 Å². The van der Waals surface area contributed by atoms with E-state index in [1.807, 2.05) is 5.09 Å². The zero-order chi connectivity index (χ0) is 16.3. The predicted molar refractivity (Wildman–Crippen MR) is 80.5 cm³/mol. The maximum absolute atomic E-state index is 11.1. The van der Waals surface area contributed by atoms with Gasteiger partial charge in [0.1, 0.15) is 11.5 Å². The van der Waals surface area contributed by atoms with Gasteiger partial charge in [-0.25, -0.2) is 4.57 Å². The van der Waals surface area contributed by atoms with E-state index in [1.165, 1.54) is 30.3 Å². The lowest BCUT2D eigenvalue weighted by molar-refractivity contribution is 0.178. The van der Waals surface area contributed by atoms with Crippen LogP contribution in [0.3, 0.4) is 0 Å². The molecular weight excluding hydrogens is 309 g/mol. The molecule has 0 bridgehead atoms. The molecule has 0 aromatic heterocycles. The van der Waals surface area contributed by atoms with Crippen LogP contribution in [0, 0.1) is 0 Å². The van der Waals surface area contributed by atoms with Crippen LogP contribution < -0.4 is 5.09 Å². The summed E-state index contributed by atoms with van der Waals surface area (Å²) in [6.45, 7) is 0. The Bertz CT molecular complexity index is 714. The van der Waals surface area contributed by atoms with Crippen LogP contribution in [0.5, 0.6) is 11.5 Å². The minimum Gasteiger partial charge on any atom is -0.508 e. The summed E-state index contributed by atoms with van der Waals surface area (Å²) in [5, 5.41) is 31.2. The molecule has 0 aliphatic carbocycles. The van der Waals surface area contributed by atoms with Crippen molar-refractivity contribution >= 4 is 13.4 Å². The van der Waals surface area contributed by atoms with Gasteiger partial charge in [0.2, 0.25) is 0 Å². The Kier molecular flexibility index (Phi) is 4.73. The van der Waals surface area contributed by atoms with Gasteiger partial charge in [-0.2, -0.15) is 0 Å². The van der Waals surface area contributed by atoms with Gasteiger partial charge in [-0.15, -0.1) is 0 Å². The van der Waals surface area contributed by atoms with Crippen molar-refractivity contribution in [2.75, 3.05) is 5.09 Å². The fourth-order valence-electron chi connectivity index (χ4n) is 2.10. The summed E-state index contributed by atoms with van der Waals surface area (Å²) in [4.78, 5) is 18.0. The number of phenols is 2. The number of nitrogens with one attached hydrogen (secondary N) is 1. The van der Waals surface area contributed by atoms with Gasteiger partial charge < -0.3 is 25.1 Å². The molecule has 0 saturated heterocycles. The molecule has 2 aromatic rings. The predicted octanol–water partition coefficient (Wildman–Crippen LogP) is 1.88. The molecule has 0 saturated carbocycles. The molecule has 0 amide bonds. The third kappa shape index (κ3) is 4.47. The Labute approximate surface area is 126 Å². The zero-order valence-electron chi connectivity index (χ0n) is 11.4. The molecule has 6 N–H and O–H groups in total. The first-order valence-corrected chi connectivity index (χ1v) is 7.98. The summed E-state index contributed by atoms with van der Waals surface area (Å²) in [6.07, 6.45) is -1.02. The van der Waals surface area contributed by atoms with E-state index in [0.29, 0.717) is 5.56 Å². The van der Waals surface area contributed by atoms with Crippen LogP contribution in [0.2, 0.25) is 0 Å². The standard InChI is InChI=1S/C14H16NO6P/c16-10-3-1-2-9(6-10)7-14(18)12-8-11(17)4-5-13(12)15-22(19,20)21/h1-6,8,14,16-18H,7H2,(H3,15,19,20,21). The minimum atomic E-state index is -4.54. The Hall–Kier alpha value is -2.05.